The monoisotopic (exact) mass is 163 g/mol. The van der Waals surface area contributed by atoms with Crippen molar-refractivity contribution in [3.8, 4) is 5.88 Å². The minimum absolute atomic E-state index is 0.359. The SMILES string of the molecule is C=Cc1ccc(C=O)nc1OC. The van der Waals surface area contributed by atoms with E-state index in [0.717, 1.165) is 5.56 Å². The molecular weight excluding hydrogens is 154 g/mol. The Bertz CT molecular complexity index is 307. The first-order valence-electron chi connectivity index (χ1n) is 3.44. The van der Waals surface area contributed by atoms with Gasteiger partial charge in [-0.1, -0.05) is 12.7 Å². The number of aldehydes is 1. The van der Waals surface area contributed by atoms with Crippen LogP contribution in [0.15, 0.2) is 18.7 Å². The van der Waals surface area contributed by atoms with Crippen LogP contribution in [0, 0.1) is 0 Å². The number of ether oxygens (including phenoxy) is 1. The fourth-order valence-electron chi connectivity index (χ4n) is 0.850. The Hall–Kier alpha value is -1.64. The first-order valence-corrected chi connectivity index (χ1v) is 3.44. The summed E-state index contributed by atoms with van der Waals surface area (Å²) in [5.41, 5.74) is 1.14. The number of nitrogens with zero attached hydrogens (tertiary/aromatic N) is 1. The van der Waals surface area contributed by atoms with Crippen molar-refractivity contribution in [2.24, 2.45) is 0 Å². The quantitative estimate of drug-likeness (QED) is 0.634. The zero-order valence-corrected chi connectivity index (χ0v) is 6.78. The number of hydrogen-bond donors (Lipinski definition) is 0. The van der Waals surface area contributed by atoms with Crippen molar-refractivity contribution in [3.63, 3.8) is 0 Å². The molecule has 0 saturated heterocycles. The number of aromatic nitrogens is 1. The van der Waals surface area contributed by atoms with Crippen LogP contribution in [0.1, 0.15) is 16.1 Å². The fraction of sp³-hybridized carbons (Fsp3) is 0.111. The lowest BCUT2D eigenvalue weighted by Crippen LogP contribution is -1.94. The van der Waals surface area contributed by atoms with Gasteiger partial charge in [-0.05, 0) is 12.1 Å². The highest BCUT2D eigenvalue weighted by atomic mass is 16.5. The first kappa shape index (κ1) is 8.46. The molecule has 0 aliphatic rings. The summed E-state index contributed by atoms with van der Waals surface area (Å²) in [6, 6.07) is 3.36. The van der Waals surface area contributed by atoms with Gasteiger partial charge in [-0.15, -0.1) is 0 Å². The topological polar surface area (TPSA) is 39.2 Å². The lowest BCUT2D eigenvalue weighted by Gasteiger charge is -2.02. The van der Waals surface area contributed by atoms with Gasteiger partial charge in [0, 0.05) is 5.56 Å². The van der Waals surface area contributed by atoms with E-state index in [0.29, 0.717) is 17.9 Å². The summed E-state index contributed by atoms with van der Waals surface area (Å²) in [6.07, 6.45) is 2.30. The van der Waals surface area contributed by atoms with Crippen LogP contribution in [-0.4, -0.2) is 18.4 Å². The normalized spacial score (nSPS) is 9.08. The Labute approximate surface area is 70.7 Å². The second-order valence-corrected chi connectivity index (χ2v) is 2.16. The smallest absolute Gasteiger partial charge is 0.221 e. The third kappa shape index (κ3) is 1.50. The second kappa shape index (κ2) is 3.67. The van der Waals surface area contributed by atoms with Gasteiger partial charge in [0.2, 0.25) is 5.88 Å². The van der Waals surface area contributed by atoms with Crippen LogP contribution < -0.4 is 4.74 Å². The predicted molar refractivity (Wildman–Crippen MR) is 46.3 cm³/mol. The number of hydrogen-bond acceptors (Lipinski definition) is 3. The average molecular weight is 163 g/mol. The predicted octanol–water partition coefficient (Wildman–Crippen LogP) is 1.55. The van der Waals surface area contributed by atoms with Gasteiger partial charge in [0.05, 0.1) is 7.11 Å². The maximum Gasteiger partial charge on any atom is 0.221 e. The number of carbonyl (C=O) groups is 1. The molecule has 1 heterocycles. The van der Waals surface area contributed by atoms with Crippen LogP contribution in [-0.2, 0) is 0 Å². The molecule has 0 aliphatic heterocycles. The molecule has 0 spiro atoms. The maximum absolute atomic E-state index is 10.3. The summed E-state index contributed by atoms with van der Waals surface area (Å²) in [5.74, 6) is 0.426. The van der Waals surface area contributed by atoms with E-state index < -0.39 is 0 Å². The Morgan fingerprint density at radius 3 is 2.83 bits per heavy atom. The van der Waals surface area contributed by atoms with Gasteiger partial charge in [-0.25, -0.2) is 4.98 Å². The van der Waals surface area contributed by atoms with Crippen molar-refractivity contribution >= 4 is 12.4 Å². The van der Waals surface area contributed by atoms with E-state index in [1.54, 1.807) is 18.2 Å². The highest BCUT2D eigenvalue weighted by molar-refractivity contribution is 5.73. The average Bonchev–Trinajstić information content (AvgIpc) is 2.16. The standard InChI is InChI=1S/C9H9NO2/c1-3-7-4-5-8(6-11)10-9(7)12-2/h3-6H,1H2,2H3. The number of methoxy groups -OCH3 is 1. The van der Waals surface area contributed by atoms with Crippen LogP contribution in [0.4, 0.5) is 0 Å². The van der Waals surface area contributed by atoms with Crippen molar-refractivity contribution in [2.75, 3.05) is 7.11 Å². The Balaban J connectivity index is 3.18. The van der Waals surface area contributed by atoms with Crippen LogP contribution in [0.3, 0.4) is 0 Å². The summed E-state index contributed by atoms with van der Waals surface area (Å²) >= 11 is 0. The lowest BCUT2D eigenvalue weighted by atomic mass is 10.2. The molecule has 0 bridgehead atoms. The molecule has 0 unspecified atom stereocenters. The molecule has 0 aromatic carbocycles. The molecule has 0 fully saturated rings. The van der Waals surface area contributed by atoms with E-state index in [-0.39, 0.29) is 0 Å². The summed E-state index contributed by atoms with van der Waals surface area (Å²) in [6.45, 7) is 3.59. The minimum atomic E-state index is 0.359. The molecule has 1 rings (SSSR count). The van der Waals surface area contributed by atoms with E-state index >= 15 is 0 Å². The molecule has 62 valence electrons. The molecule has 1 aromatic heterocycles. The third-order valence-electron chi connectivity index (χ3n) is 1.45. The van der Waals surface area contributed by atoms with E-state index in [9.17, 15) is 4.79 Å². The van der Waals surface area contributed by atoms with E-state index in [4.69, 9.17) is 4.74 Å². The van der Waals surface area contributed by atoms with Crippen molar-refractivity contribution in [3.05, 3.63) is 30.0 Å². The first-order chi connectivity index (χ1) is 5.81. The zero-order valence-electron chi connectivity index (χ0n) is 6.78. The van der Waals surface area contributed by atoms with Crippen LogP contribution in [0.2, 0.25) is 0 Å². The molecule has 1 aromatic rings. The van der Waals surface area contributed by atoms with Gasteiger partial charge < -0.3 is 4.74 Å². The van der Waals surface area contributed by atoms with Crippen LogP contribution in [0.25, 0.3) is 6.08 Å². The highest BCUT2D eigenvalue weighted by Gasteiger charge is 2.01. The molecule has 3 nitrogen and oxygen atoms in total. The van der Waals surface area contributed by atoms with Crippen molar-refractivity contribution in [1.29, 1.82) is 0 Å². The molecule has 0 amide bonds. The van der Waals surface area contributed by atoms with Gasteiger partial charge >= 0.3 is 0 Å². The Kier molecular flexibility index (Phi) is 2.58. The molecule has 12 heavy (non-hydrogen) atoms. The van der Waals surface area contributed by atoms with Crippen molar-refractivity contribution < 1.29 is 9.53 Å². The van der Waals surface area contributed by atoms with Crippen LogP contribution >= 0.6 is 0 Å². The Morgan fingerprint density at radius 2 is 2.33 bits per heavy atom. The van der Waals surface area contributed by atoms with Gasteiger partial charge in [0.15, 0.2) is 6.29 Å². The maximum atomic E-state index is 10.3. The summed E-state index contributed by atoms with van der Waals surface area (Å²) in [4.78, 5) is 14.2. The van der Waals surface area contributed by atoms with Crippen LogP contribution in [0.5, 0.6) is 5.88 Å². The summed E-state index contributed by atoms with van der Waals surface area (Å²) in [7, 11) is 1.50. The van der Waals surface area contributed by atoms with Crippen molar-refractivity contribution in [2.45, 2.75) is 0 Å². The zero-order chi connectivity index (χ0) is 8.97. The lowest BCUT2D eigenvalue weighted by molar-refractivity contribution is 0.111. The fourth-order valence-corrected chi connectivity index (χ4v) is 0.850. The van der Waals surface area contributed by atoms with Gasteiger partial charge in [0.25, 0.3) is 0 Å². The molecule has 3 heteroatoms. The van der Waals surface area contributed by atoms with Gasteiger partial charge in [0.1, 0.15) is 5.69 Å². The summed E-state index contributed by atoms with van der Waals surface area (Å²) in [5, 5.41) is 0. The molecule has 0 aliphatic carbocycles. The number of pyridine rings is 1. The molecule has 0 radical (unpaired) electrons. The van der Waals surface area contributed by atoms with E-state index in [2.05, 4.69) is 11.6 Å². The minimum Gasteiger partial charge on any atom is -0.481 e. The molecular formula is C9H9NO2. The van der Waals surface area contributed by atoms with E-state index in [1.165, 1.54) is 7.11 Å². The molecule has 0 atom stereocenters. The van der Waals surface area contributed by atoms with Gasteiger partial charge in [-0.3, -0.25) is 4.79 Å². The molecule has 0 N–H and O–H groups in total. The number of carbonyl (C=O) groups excluding carboxylic acids is 1. The Morgan fingerprint density at radius 1 is 1.58 bits per heavy atom. The third-order valence-corrected chi connectivity index (χ3v) is 1.45. The second-order valence-electron chi connectivity index (χ2n) is 2.16. The highest BCUT2D eigenvalue weighted by Crippen LogP contribution is 2.15. The van der Waals surface area contributed by atoms with Gasteiger partial charge in [-0.2, -0.15) is 0 Å². The largest absolute Gasteiger partial charge is 0.481 e. The summed E-state index contributed by atoms with van der Waals surface area (Å²) < 4.78 is 4.94. The van der Waals surface area contributed by atoms with E-state index in [1.807, 2.05) is 0 Å². The van der Waals surface area contributed by atoms with Crippen molar-refractivity contribution in [1.82, 2.24) is 4.98 Å². The number of rotatable bonds is 3. The molecule has 0 saturated carbocycles.